The maximum atomic E-state index is 12.7. The van der Waals surface area contributed by atoms with Gasteiger partial charge in [-0.1, -0.05) is 23.7 Å². The van der Waals surface area contributed by atoms with E-state index in [1.165, 1.54) is 27.9 Å². The molecular formula is C17H14ClN3OS. The van der Waals surface area contributed by atoms with Crippen molar-refractivity contribution in [1.29, 1.82) is 0 Å². The number of fused-ring (bicyclic) bond motifs is 3. The lowest BCUT2D eigenvalue weighted by atomic mass is 9.97. The van der Waals surface area contributed by atoms with Gasteiger partial charge in [-0.15, -0.1) is 11.3 Å². The van der Waals surface area contributed by atoms with E-state index >= 15 is 0 Å². The van der Waals surface area contributed by atoms with Crippen LogP contribution in [0.1, 0.15) is 28.8 Å². The van der Waals surface area contributed by atoms with Crippen molar-refractivity contribution in [3.8, 4) is 0 Å². The summed E-state index contributed by atoms with van der Waals surface area (Å²) < 4.78 is 1.31. The van der Waals surface area contributed by atoms with E-state index in [1.807, 2.05) is 12.1 Å². The highest BCUT2D eigenvalue weighted by Gasteiger charge is 2.19. The second-order valence-electron chi connectivity index (χ2n) is 5.58. The third-order valence-corrected chi connectivity index (χ3v) is 5.47. The molecule has 0 unspecified atom stereocenters. The van der Waals surface area contributed by atoms with Crippen molar-refractivity contribution in [3.05, 3.63) is 62.0 Å². The highest BCUT2D eigenvalue weighted by molar-refractivity contribution is 7.18. The summed E-state index contributed by atoms with van der Waals surface area (Å²) in [6, 6.07) is 7.34. The summed E-state index contributed by atoms with van der Waals surface area (Å²) in [6.07, 6.45) is 7.48. The van der Waals surface area contributed by atoms with Crippen molar-refractivity contribution >= 4 is 39.4 Å². The van der Waals surface area contributed by atoms with Crippen molar-refractivity contribution in [3.63, 3.8) is 0 Å². The van der Waals surface area contributed by atoms with Gasteiger partial charge in [0, 0.05) is 9.90 Å². The fourth-order valence-electron chi connectivity index (χ4n) is 2.94. The Morgan fingerprint density at radius 2 is 2.17 bits per heavy atom. The van der Waals surface area contributed by atoms with Gasteiger partial charge < -0.3 is 0 Å². The van der Waals surface area contributed by atoms with E-state index in [-0.39, 0.29) is 5.56 Å². The number of rotatable bonds is 2. The summed E-state index contributed by atoms with van der Waals surface area (Å²) in [6.45, 7) is 0. The average Bonchev–Trinajstić information content (AvgIpc) is 2.93. The molecule has 0 aliphatic heterocycles. The first kappa shape index (κ1) is 14.6. The van der Waals surface area contributed by atoms with Gasteiger partial charge in [0.25, 0.3) is 5.56 Å². The zero-order chi connectivity index (χ0) is 15.8. The van der Waals surface area contributed by atoms with Crippen molar-refractivity contribution in [2.45, 2.75) is 25.7 Å². The number of aromatic nitrogens is 2. The van der Waals surface area contributed by atoms with Crippen LogP contribution in [0.25, 0.3) is 10.2 Å². The Morgan fingerprint density at radius 3 is 3.04 bits per heavy atom. The van der Waals surface area contributed by atoms with Gasteiger partial charge in [-0.25, -0.2) is 4.98 Å². The zero-order valence-corrected chi connectivity index (χ0v) is 13.9. The molecule has 0 atom stereocenters. The molecule has 116 valence electrons. The molecule has 1 aromatic carbocycles. The number of hydrogen-bond donors (Lipinski definition) is 0. The van der Waals surface area contributed by atoms with Crippen LogP contribution in [0.4, 0.5) is 0 Å². The van der Waals surface area contributed by atoms with Crippen molar-refractivity contribution < 1.29 is 0 Å². The molecular weight excluding hydrogens is 330 g/mol. The standard InChI is InChI=1S/C17H14ClN3OS/c18-12-5-3-4-11(8-12)9-20-21-10-19-16-15(17(21)22)13-6-1-2-7-14(13)23-16/h3-5,8-10H,1-2,6-7H2. The maximum absolute atomic E-state index is 12.7. The molecule has 0 bridgehead atoms. The van der Waals surface area contributed by atoms with Crippen LogP contribution in [0, 0.1) is 0 Å². The lowest BCUT2D eigenvalue weighted by Crippen LogP contribution is -2.18. The Hall–Kier alpha value is -1.98. The first-order valence-electron chi connectivity index (χ1n) is 7.54. The average molecular weight is 344 g/mol. The van der Waals surface area contributed by atoms with E-state index < -0.39 is 0 Å². The van der Waals surface area contributed by atoms with Gasteiger partial charge in [0.05, 0.1) is 11.6 Å². The van der Waals surface area contributed by atoms with Gasteiger partial charge in [0.15, 0.2) is 0 Å². The second-order valence-corrected chi connectivity index (χ2v) is 7.10. The minimum Gasteiger partial charge on any atom is -0.267 e. The lowest BCUT2D eigenvalue weighted by molar-refractivity contribution is 0.699. The van der Waals surface area contributed by atoms with Gasteiger partial charge in [0.1, 0.15) is 11.2 Å². The van der Waals surface area contributed by atoms with Crippen LogP contribution < -0.4 is 5.56 Å². The van der Waals surface area contributed by atoms with Gasteiger partial charge in [-0.05, 0) is 48.9 Å². The molecule has 23 heavy (non-hydrogen) atoms. The molecule has 0 saturated heterocycles. The van der Waals surface area contributed by atoms with Crippen molar-refractivity contribution in [2.75, 3.05) is 0 Å². The molecule has 0 fully saturated rings. The normalized spacial score (nSPS) is 14.5. The molecule has 0 N–H and O–H groups in total. The van der Waals surface area contributed by atoms with Gasteiger partial charge >= 0.3 is 0 Å². The smallest absolute Gasteiger partial charge is 0.267 e. The summed E-state index contributed by atoms with van der Waals surface area (Å²) in [5, 5.41) is 5.64. The molecule has 2 aromatic heterocycles. The third kappa shape index (κ3) is 2.71. The highest BCUT2D eigenvalue weighted by Crippen LogP contribution is 2.33. The summed E-state index contributed by atoms with van der Waals surface area (Å²) in [4.78, 5) is 19.3. The Labute approximate surface area is 142 Å². The van der Waals surface area contributed by atoms with Crippen LogP contribution in [0.5, 0.6) is 0 Å². The van der Waals surface area contributed by atoms with E-state index in [9.17, 15) is 4.79 Å². The quantitative estimate of drug-likeness (QED) is 0.663. The van der Waals surface area contributed by atoms with Crippen LogP contribution in [0.2, 0.25) is 5.02 Å². The second kappa shape index (κ2) is 5.91. The topological polar surface area (TPSA) is 47.2 Å². The number of benzene rings is 1. The number of halogens is 1. The van der Waals surface area contributed by atoms with Crippen LogP contribution in [-0.4, -0.2) is 15.9 Å². The Balaban J connectivity index is 1.79. The SMILES string of the molecule is O=c1c2c3c(sc2ncn1N=Cc1cccc(Cl)c1)CCCC3. The van der Waals surface area contributed by atoms with Crippen LogP contribution in [0.15, 0.2) is 40.5 Å². The zero-order valence-electron chi connectivity index (χ0n) is 12.3. The molecule has 0 amide bonds. The first-order valence-corrected chi connectivity index (χ1v) is 8.73. The highest BCUT2D eigenvalue weighted by atomic mass is 35.5. The van der Waals surface area contributed by atoms with E-state index in [0.717, 1.165) is 35.0 Å². The monoisotopic (exact) mass is 343 g/mol. The van der Waals surface area contributed by atoms with E-state index in [0.29, 0.717) is 5.02 Å². The Morgan fingerprint density at radius 1 is 1.30 bits per heavy atom. The molecule has 1 aliphatic carbocycles. The number of nitrogens with zero attached hydrogens (tertiary/aromatic N) is 3. The molecule has 4 rings (SSSR count). The number of aryl methyl sites for hydroxylation is 2. The van der Waals surface area contributed by atoms with Crippen molar-refractivity contribution in [2.24, 2.45) is 5.10 Å². The van der Waals surface area contributed by atoms with Crippen LogP contribution in [0.3, 0.4) is 0 Å². The Bertz CT molecular complexity index is 974. The summed E-state index contributed by atoms with van der Waals surface area (Å²) in [5.41, 5.74) is 1.94. The Kier molecular flexibility index (Phi) is 3.75. The molecule has 1 aliphatic rings. The van der Waals surface area contributed by atoms with E-state index in [4.69, 9.17) is 11.6 Å². The lowest BCUT2D eigenvalue weighted by Gasteiger charge is -2.09. The van der Waals surface area contributed by atoms with E-state index in [1.54, 1.807) is 29.7 Å². The fourth-order valence-corrected chi connectivity index (χ4v) is 4.35. The van der Waals surface area contributed by atoms with E-state index in [2.05, 4.69) is 10.1 Å². The fraction of sp³-hybridized carbons (Fsp3) is 0.235. The largest absolute Gasteiger partial charge is 0.282 e. The van der Waals surface area contributed by atoms with Gasteiger partial charge in [-0.3, -0.25) is 4.79 Å². The number of hydrogen-bond acceptors (Lipinski definition) is 4. The molecule has 4 nitrogen and oxygen atoms in total. The predicted octanol–water partition coefficient (Wildman–Crippen LogP) is 3.87. The minimum absolute atomic E-state index is 0.0901. The van der Waals surface area contributed by atoms with Crippen molar-refractivity contribution in [1.82, 2.24) is 9.66 Å². The molecule has 0 radical (unpaired) electrons. The summed E-state index contributed by atoms with van der Waals surface area (Å²) in [7, 11) is 0. The molecule has 6 heteroatoms. The first-order chi connectivity index (χ1) is 11.2. The predicted molar refractivity (Wildman–Crippen MR) is 95.0 cm³/mol. The molecule has 0 spiro atoms. The number of thiophene rings is 1. The third-order valence-electron chi connectivity index (χ3n) is 4.04. The van der Waals surface area contributed by atoms with Crippen LogP contribution >= 0.6 is 22.9 Å². The van der Waals surface area contributed by atoms with Gasteiger partial charge in [0.2, 0.25) is 0 Å². The molecule has 2 heterocycles. The summed E-state index contributed by atoms with van der Waals surface area (Å²) in [5.74, 6) is 0. The molecule has 3 aromatic rings. The maximum Gasteiger partial charge on any atom is 0.282 e. The molecule has 0 saturated carbocycles. The van der Waals surface area contributed by atoms with Gasteiger partial charge in [-0.2, -0.15) is 9.78 Å². The summed E-state index contributed by atoms with van der Waals surface area (Å²) >= 11 is 7.60. The van der Waals surface area contributed by atoms with Crippen LogP contribution in [-0.2, 0) is 12.8 Å². The minimum atomic E-state index is -0.0901.